The highest BCUT2D eigenvalue weighted by Crippen LogP contribution is 2.35. The summed E-state index contributed by atoms with van der Waals surface area (Å²) < 4.78 is 62.0. The summed E-state index contributed by atoms with van der Waals surface area (Å²) in [6.45, 7) is 0.345. The van der Waals surface area contributed by atoms with Gasteiger partial charge in [-0.05, 0) is 34.9 Å². The van der Waals surface area contributed by atoms with Crippen LogP contribution in [-0.2, 0) is 22.6 Å². The predicted molar refractivity (Wildman–Crippen MR) is 89.5 cm³/mol. The Bertz CT molecular complexity index is 851. The Morgan fingerprint density at radius 3 is 2.52 bits per heavy atom. The molecule has 2 aromatic rings. The van der Waals surface area contributed by atoms with Gasteiger partial charge >= 0.3 is 12.1 Å². The van der Waals surface area contributed by atoms with E-state index in [1.165, 1.54) is 19.2 Å². The summed E-state index contributed by atoms with van der Waals surface area (Å²) in [6, 6.07) is 9.18. The number of nitrogens with zero attached hydrogens (tertiary/aromatic N) is 1. The summed E-state index contributed by atoms with van der Waals surface area (Å²) in [5, 5.41) is 0. The van der Waals surface area contributed by atoms with Crippen molar-refractivity contribution in [3.63, 3.8) is 0 Å². The molecule has 1 amide bonds. The van der Waals surface area contributed by atoms with Gasteiger partial charge in [0.25, 0.3) is 0 Å². The van der Waals surface area contributed by atoms with Crippen LogP contribution >= 0.6 is 0 Å². The average molecular weight is 383 g/mol. The van der Waals surface area contributed by atoms with Crippen LogP contribution < -0.4 is 4.74 Å². The summed E-state index contributed by atoms with van der Waals surface area (Å²) in [4.78, 5) is 12.2. The zero-order valence-corrected chi connectivity index (χ0v) is 14.5. The highest BCUT2D eigenvalue weighted by Gasteiger charge is 2.44. The third kappa shape index (κ3) is 4.21. The number of hydrogen-bond donors (Lipinski definition) is 0. The molecular weight excluding hydrogens is 366 g/mol. The molecule has 0 N–H and O–H groups in total. The van der Waals surface area contributed by atoms with Crippen molar-refractivity contribution in [2.75, 3.05) is 20.3 Å². The number of fused-ring (bicyclic) bond motifs is 1. The fraction of sp³-hybridized carbons (Fsp3) is 0.316. The van der Waals surface area contributed by atoms with E-state index >= 15 is 0 Å². The van der Waals surface area contributed by atoms with E-state index < -0.39 is 17.9 Å². The van der Waals surface area contributed by atoms with E-state index in [1.54, 1.807) is 24.3 Å². The van der Waals surface area contributed by atoms with Gasteiger partial charge in [-0.15, -0.1) is 0 Å². The summed E-state index contributed by atoms with van der Waals surface area (Å²) in [6.07, 6.45) is -4.90. The molecule has 1 aliphatic heterocycles. The van der Waals surface area contributed by atoms with Gasteiger partial charge in [0.1, 0.15) is 18.2 Å². The predicted octanol–water partition coefficient (Wildman–Crippen LogP) is 3.92. The Morgan fingerprint density at radius 1 is 1.07 bits per heavy atom. The molecule has 0 radical (unpaired) electrons. The molecular formula is C19H17F4NO3. The maximum Gasteiger partial charge on any atom is 0.471 e. The van der Waals surface area contributed by atoms with Crippen LogP contribution in [-0.4, -0.2) is 37.3 Å². The minimum Gasteiger partial charge on any atom is -0.490 e. The number of methoxy groups -OCH3 is 1. The molecule has 27 heavy (non-hydrogen) atoms. The smallest absolute Gasteiger partial charge is 0.471 e. The number of carbonyl (C=O) groups is 1. The average Bonchev–Trinajstić information content (AvgIpc) is 3.03. The number of hydrogen-bond acceptors (Lipinski definition) is 3. The van der Waals surface area contributed by atoms with Crippen LogP contribution in [0.4, 0.5) is 17.6 Å². The lowest BCUT2D eigenvalue weighted by molar-refractivity contribution is -0.186. The first kappa shape index (κ1) is 19.2. The van der Waals surface area contributed by atoms with Crippen molar-refractivity contribution in [2.45, 2.75) is 19.3 Å². The highest BCUT2D eigenvalue weighted by molar-refractivity contribution is 5.82. The Balaban J connectivity index is 1.86. The molecule has 0 aliphatic carbocycles. The Kier molecular flexibility index (Phi) is 5.36. The summed E-state index contributed by atoms with van der Waals surface area (Å²) in [5.74, 6) is -2.01. The molecule has 4 nitrogen and oxygen atoms in total. The van der Waals surface area contributed by atoms with E-state index in [0.29, 0.717) is 34.6 Å². The van der Waals surface area contributed by atoms with Crippen molar-refractivity contribution < 1.29 is 31.8 Å². The molecule has 144 valence electrons. The van der Waals surface area contributed by atoms with Crippen LogP contribution in [0.1, 0.15) is 11.1 Å². The first-order valence-corrected chi connectivity index (χ1v) is 8.19. The molecule has 0 atom stereocenters. The van der Waals surface area contributed by atoms with Crippen LogP contribution in [0.2, 0.25) is 0 Å². The van der Waals surface area contributed by atoms with Crippen molar-refractivity contribution in [3.8, 4) is 16.9 Å². The van der Waals surface area contributed by atoms with Gasteiger partial charge in [-0.25, -0.2) is 4.39 Å². The van der Waals surface area contributed by atoms with Crippen LogP contribution in [0.5, 0.6) is 5.75 Å². The summed E-state index contributed by atoms with van der Waals surface area (Å²) in [7, 11) is 1.52. The summed E-state index contributed by atoms with van der Waals surface area (Å²) >= 11 is 0. The van der Waals surface area contributed by atoms with Gasteiger partial charge in [-0.3, -0.25) is 4.79 Å². The van der Waals surface area contributed by atoms with Crippen molar-refractivity contribution in [1.82, 2.24) is 4.90 Å². The highest BCUT2D eigenvalue weighted by atomic mass is 19.4. The lowest BCUT2D eigenvalue weighted by Crippen LogP contribution is -2.37. The van der Waals surface area contributed by atoms with Crippen LogP contribution in [0.25, 0.3) is 11.1 Å². The number of amides is 1. The van der Waals surface area contributed by atoms with Gasteiger partial charge in [-0.2, -0.15) is 13.2 Å². The SMILES string of the molecule is COCCOc1cc(F)ccc1-c1ccc2c(c1)CN(C(=O)C(F)(F)F)C2. The van der Waals surface area contributed by atoms with Gasteiger partial charge in [0.05, 0.1) is 6.61 Å². The lowest BCUT2D eigenvalue weighted by Gasteiger charge is -2.16. The number of benzene rings is 2. The van der Waals surface area contributed by atoms with Crippen molar-refractivity contribution >= 4 is 5.91 Å². The molecule has 0 saturated heterocycles. The fourth-order valence-corrected chi connectivity index (χ4v) is 2.97. The molecule has 0 saturated carbocycles. The first-order valence-electron chi connectivity index (χ1n) is 8.19. The minimum atomic E-state index is -4.90. The largest absolute Gasteiger partial charge is 0.490 e. The maximum absolute atomic E-state index is 13.6. The second-order valence-corrected chi connectivity index (χ2v) is 6.12. The van der Waals surface area contributed by atoms with Crippen LogP contribution in [0, 0.1) is 5.82 Å². The molecule has 0 fully saturated rings. The Morgan fingerprint density at radius 2 is 1.81 bits per heavy atom. The molecule has 0 bridgehead atoms. The topological polar surface area (TPSA) is 38.8 Å². The fourth-order valence-electron chi connectivity index (χ4n) is 2.97. The van der Waals surface area contributed by atoms with Crippen LogP contribution in [0.15, 0.2) is 36.4 Å². The second-order valence-electron chi connectivity index (χ2n) is 6.12. The van der Waals surface area contributed by atoms with E-state index in [-0.39, 0.29) is 19.7 Å². The van der Waals surface area contributed by atoms with Crippen LogP contribution in [0.3, 0.4) is 0 Å². The number of carbonyl (C=O) groups excluding carboxylic acids is 1. The molecule has 0 unspecified atom stereocenters. The normalized spacial score (nSPS) is 13.6. The number of alkyl halides is 3. The zero-order valence-electron chi connectivity index (χ0n) is 14.5. The molecule has 3 rings (SSSR count). The number of rotatable bonds is 5. The molecule has 0 aromatic heterocycles. The van der Waals surface area contributed by atoms with Crippen molar-refractivity contribution in [3.05, 3.63) is 53.3 Å². The molecule has 2 aromatic carbocycles. The van der Waals surface area contributed by atoms with E-state index in [4.69, 9.17) is 9.47 Å². The Hall–Kier alpha value is -2.61. The monoisotopic (exact) mass is 383 g/mol. The van der Waals surface area contributed by atoms with E-state index in [0.717, 1.165) is 4.90 Å². The van der Waals surface area contributed by atoms with E-state index in [1.807, 2.05) is 0 Å². The third-order valence-corrected chi connectivity index (χ3v) is 4.26. The van der Waals surface area contributed by atoms with Crippen molar-refractivity contribution in [1.29, 1.82) is 0 Å². The zero-order chi connectivity index (χ0) is 19.6. The second kappa shape index (κ2) is 7.56. The maximum atomic E-state index is 13.6. The molecule has 0 spiro atoms. The molecule has 8 heteroatoms. The minimum absolute atomic E-state index is 0.0887. The van der Waals surface area contributed by atoms with Gasteiger partial charge in [0, 0.05) is 31.8 Å². The van der Waals surface area contributed by atoms with E-state index in [2.05, 4.69) is 0 Å². The van der Waals surface area contributed by atoms with Gasteiger partial charge in [0.15, 0.2) is 0 Å². The molecule has 1 heterocycles. The number of ether oxygens (including phenoxy) is 2. The number of halogens is 4. The Labute approximate surface area is 153 Å². The standard InChI is InChI=1S/C19H17F4NO3/c1-26-6-7-27-17-9-15(20)4-5-16(17)12-2-3-13-10-24(11-14(13)8-12)18(25)19(21,22)23/h2-5,8-9H,6-7,10-11H2,1H3. The van der Waals surface area contributed by atoms with E-state index in [9.17, 15) is 22.4 Å². The lowest BCUT2D eigenvalue weighted by atomic mass is 10.00. The molecule has 1 aliphatic rings. The quantitative estimate of drug-likeness (QED) is 0.580. The van der Waals surface area contributed by atoms with Gasteiger partial charge < -0.3 is 14.4 Å². The van der Waals surface area contributed by atoms with Gasteiger partial charge in [0.2, 0.25) is 0 Å². The summed E-state index contributed by atoms with van der Waals surface area (Å²) in [5.41, 5.74) is 2.55. The van der Waals surface area contributed by atoms with Crippen molar-refractivity contribution in [2.24, 2.45) is 0 Å². The third-order valence-electron chi connectivity index (χ3n) is 4.26. The van der Waals surface area contributed by atoms with Gasteiger partial charge in [-0.1, -0.05) is 12.1 Å². The first-order chi connectivity index (χ1) is 12.8.